The van der Waals surface area contributed by atoms with Crippen molar-refractivity contribution in [1.82, 2.24) is 14.9 Å². The number of hydrogen-bond acceptors (Lipinski definition) is 5. The third kappa shape index (κ3) is 4.08. The summed E-state index contributed by atoms with van der Waals surface area (Å²) < 4.78 is 2.10. The van der Waals surface area contributed by atoms with Crippen LogP contribution in [0, 0.1) is 14.9 Å². The van der Waals surface area contributed by atoms with E-state index in [1.165, 1.54) is 25.3 Å². The van der Waals surface area contributed by atoms with E-state index in [2.05, 4.69) is 15.3 Å². The Morgan fingerprint density at radius 3 is 2.84 bits per heavy atom. The lowest BCUT2D eigenvalue weighted by Gasteiger charge is -2.19. The van der Waals surface area contributed by atoms with E-state index >= 15 is 0 Å². The molecule has 0 amide bonds. The van der Waals surface area contributed by atoms with E-state index in [9.17, 15) is 10.1 Å². The highest BCUT2D eigenvalue weighted by Crippen LogP contribution is 2.31. The molecule has 0 unspecified atom stereocenters. The SMILES string of the molecule is O=[N+]([O-])c1ccccc1/C=C/C=N/n1c(C2CCCCC2)n[nH]c1=S. The molecule has 1 aliphatic rings. The van der Waals surface area contributed by atoms with Gasteiger partial charge in [-0.1, -0.05) is 31.4 Å². The zero-order valence-electron chi connectivity index (χ0n) is 13.7. The first kappa shape index (κ1) is 17.2. The van der Waals surface area contributed by atoms with E-state index in [-0.39, 0.29) is 5.69 Å². The van der Waals surface area contributed by atoms with Gasteiger partial charge in [0.15, 0.2) is 5.82 Å². The number of allylic oxidation sites excluding steroid dienone is 1. The summed E-state index contributed by atoms with van der Waals surface area (Å²) in [6.45, 7) is 0. The molecule has 1 saturated carbocycles. The summed E-state index contributed by atoms with van der Waals surface area (Å²) in [5.41, 5.74) is 0.595. The molecule has 0 spiro atoms. The number of nitrogens with one attached hydrogen (secondary N) is 1. The molecular formula is C17H19N5O2S. The van der Waals surface area contributed by atoms with Gasteiger partial charge in [0.1, 0.15) is 0 Å². The maximum absolute atomic E-state index is 11.0. The Bertz CT molecular complexity index is 862. The molecule has 1 N–H and O–H groups in total. The lowest BCUT2D eigenvalue weighted by atomic mass is 9.89. The lowest BCUT2D eigenvalue weighted by Crippen LogP contribution is -2.10. The number of benzene rings is 1. The number of para-hydroxylation sites is 1. The minimum atomic E-state index is -0.399. The second-order valence-corrected chi connectivity index (χ2v) is 6.36. The Balaban J connectivity index is 1.78. The van der Waals surface area contributed by atoms with Crippen LogP contribution >= 0.6 is 12.2 Å². The molecule has 2 aromatic rings. The van der Waals surface area contributed by atoms with Gasteiger partial charge < -0.3 is 0 Å². The van der Waals surface area contributed by atoms with Gasteiger partial charge in [-0.2, -0.15) is 14.9 Å². The number of rotatable bonds is 5. The van der Waals surface area contributed by atoms with Crippen LogP contribution in [0.2, 0.25) is 0 Å². The van der Waals surface area contributed by atoms with Gasteiger partial charge in [-0.15, -0.1) is 0 Å². The standard InChI is InChI=1S/C17H19N5O2S/c23-22(24)15-11-5-4-7-13(15)10-6-12-18-21-16(19-20-17(21)25)14-8-2-1-3-9-14/h4-7,10-12,14H,1-3,8-9H2,(H,20,25)/b10-6+,18-12+. The third-order valence-corrected chi connectivity index (χ3v) is 4.59. The van der Waals surface area contributed by atoms with Crippen molar-refractivity contribution in [1.29, 1.82) is 0 Å². The van der Waals surface area contributed by atoms with Crippen LogP contribution < -0.4 is 0 Å². The third-order valence-electron chi connectivity index (χ3n) is 4.32. The molecule has 0 saturated heterocycles. The summed E-state index contributed by atoms with van der Waals surface area (Å²) >= 11 is 5.26. The predicted molar refractivity (Wildman–Crippen MR) is 99.3 cm³/mol. The molecule has 1 heterocycles. The van der Waals surface area contributed by atoms with E-state index in [1.807, 2.05) is 0 Å². The van der Waals surface area contributed by atoms with Crippen molar-refractivity contribution >= 4 is 30.2 Å². The summed E-state index contributed by atoms with van der Waals surface area (Å²) in [6, 6.07) is 6.57. The topological polar surface area (TPSA) is 89.1 Å². The van der Waals surface area contributed by atoms with E-state index in [4.69, 9.17) is 12.2 Å². The number of H-pyrrole nitrogens is 1. The fraction of sp³-hybridized carbons (Fsp3) is 0.353. The first-order valence-corrected chi connectivity index (χ1v) is 8.69. The zero-order valence-corrected chi connectivity index (χ0v) is 14.5. The second kappa shape index (κ2) is 7.98. The maximum Gasteiger partial charge on any atom is 0.276 e. The number of nitro groups is 1. The zero-order chi connectivity index (χ0) is 17.6. The van der Waals surface area contributed by atoms with E-state index < -0.39 is 4.92 Å². The fourth-order valence-electron chi connectivity index (χ4n) is 3.09. The maximum atomic E-state index is 11.0. The number of aromatic amines is 1. The summed E-state index contributed by atoms with van der Waals surface area (Å²) in [6.07, 6.45) is 10.8. The van der Waals surface area contributed by atoms with Crippen LogP contribution in [0.4, 0.5) is 5.69 Å². The first-order valence-electron chi connectivity index (χ1n) is 8.28. The molecule has 8 heteroatoms. The van der Waals surface area contributed by atoms with Crippen molar-refractivity contribution in [2.75, 3.05) is 0 Å². The van der Waals surface area contributed by atoms with Gasteiger partial charge >= 0.3 is 0 Å². The quantitative estimate of drug-likeness (QED) is 0.371. The Kier molecular flexibility index (Phi) is 5.49. The molecule has 1 fully saturated rings. The number of nitrogens with zero attached hydrogens (tertiary/aromatic N) is 4. The van der Waals surface area contributed by atoms with E-state index in [0.717, 1.165) is 18.7 Å². The largest absolute Gasteiger partial charge is 0.276 e. The smallest absolute Gasteiger partial charge is 0.258 e. The highest BCUT2D eigenvalue weighted by atomic mass is 32.1. The van der Waals surface area contributed by atoms with Crippen molar-refractivity contribution in [2.24, 2.45) is 5.10 Å². The van der Waals surface area contributed by atoms with Crippen LogP contribution in [-0.4, -0.2) is 26.0 Å². The van der Waals surface area contributed by atoms with Gasteiger partial charge in [0, 0.05) is 18.2 Å². The Hall–Kier alpha value is -2.61. The van der Waals surface area contributed by atoms with E-state index in [0.29, 0.717) is 16.3 Å². The molecule has 130 valence electrons. The molecule has 1 aromatic heterocycles. The Labute approximate surface area is 150 Å². The highest BCUT2D eigenvalue weighted by Gasteiger charge is 2.21. The van der Waals surface area contributed by atoms with Crippen LogP contribution in [0.1, 0.15) is 49.4 Å². The van der Waals surface area contributed by atoms with Crippen molar-refractivity contribution in [3.05, 3.63) is 56.6 Å². The van der Waals surface area contributed by atoms with Crippen LogP contribution in [0.25, 0.3) is 6.08 Å². The molecule has 1 aliphatic carbocycles. The monoisotopic (exact) mass is 357 g/mol. The van der Waals surface area contributed by atoms with Crippen LogP contribution in [-0.2, 0) is 0 Å². The van der Waals surface area contributed by atoms with Crippen molar-refractivity contribution in [3.63, 3.8) is 0 Å². The average Bonchev–Trinajstić information content (AvgIpc) is 3.00. The summed E-state index contributed by atoms with van der Waals surface area (Å²) in [5, 5.41) is 22.5. The second-order valence-electron chi connectivity index (χ2n) is 5.97. The van der Waals surface area contributed by atoms with Gasteiger partial charge in [0.2, 0.25) is 4.77 Å². The highest BCUT2D eigenvalue weighted by molar-refractivity contribution is 7.71. The van der Waals surface area contributed by atoms with Crippen molar-refractivity contribution in [3.8, 4) is 0 Å². The van der Waals surface area contributed by atoms with Gasteiger partial charge in [-0.3, -0.25) is 15.2 Å². The molecule has 1 aromatic carbocycles. The van der Waals surface area contributed by atoms with Crippen molar-refractivity contribution < 1.29 is 4.92 Å². The molecule has 0 bridgehead atoms. The van der Waals surface area contributed by atoms with Crippen molar-refractivity contribution in [2.45, 2.75) is 38.0 Å². The number of nitro benzene ring substituents is 1. The molecule has 0 radical (unpaired) electrons. The summed E-state index contributed by atoms with van der Waals surface area (Å²) in [4.78, 5) is 10.6. The van der Waals surface area contributed by atoms with Crippen LogP contribution in [0.3, 0.4) is 0 Å². The molecule has 0 aliphatic heterocycles. The minimum Gasteiger partial charge on any atom is -0.258 e. The normalized spacial score (nSPS) is 16.0. The molecular weight excluding hydrogens is 338 g/mol. The summed E-state index contributed by atoms with van der Waals surface area (Å²) in [5.74, 6) is 1.23. The van der Waals surface area contributed by atoms with E-state index in [1.54, 1.807) is 41.2 Å². The summed E-state index contributed by atoms with van der Waals surface area (Å²) in [7, 11) is 0. The molecule has 7 nitrogen and oxygen atoms in total. The van der Waals surface area contributed by atoms with Gasteiger partial charge in [0.05, 0.1) is 10.5 Å². The minimum absolute atomic E-state index is 0.0648. The Morgan fingerprint density at radius 1 is 1.32 bits per heavy atom. The lowest BCUT2D eigenvalue weighted by molar-refractivity contribution is -0.385. The molecule has 3 rings (SSSR count). The van der Waals surface area contributed by atoms with Gasteiger partial charge in [-0.05, 0) is 43.3 Å². The Morgan fingerprint density at radius 2 is 2.08 bits per heavy atom. The van der Waals surface area contributed by atoms with Crippen LogP contribution in [0.5, 0.6) is 0 Å². The average molecular weight is 357 g/mol. The van der Waals surface area contributed by atoms with Gasteiger partial charge in [0.25, 0.3) is 5.69 Å². The first-order chi connectivity index (χ1) is 12.2. The molecule has 25 heavy (non-hydrogen) atoms. The van der Waals surface area contributed by atoms with Gasteiger partial charge in [-0.25, -0.2) is 0 Å². The molecule has 0 atom stereocenters. The number of aromatic nitrogens is 3. The number of hydrogen-bond donors (Lipinski definition) is 1. The van der Waals surface area contributed by atoms with Crippen LogP contribution in [0.15, 0.2) is 35.4 Å². The predicted octanol–water partition coefficient (Wildman–Crippen LogP) is 4.44. The fourth-order valence-corrected chi connectivity index (χ4v) is 3.27.